The van der Waals surface area contributed by atoms with Crippen molar-refractivity contribution in [2.24, 2.45) is 0 Å². The fourth-order valence-electron chi connectivity index (χ4n) is 1.23. The summed E-state index contributed by atoms with van der Waals surface area (Å²) in [6.45, 7) is 3.83. The minimum atomic E-state index is 0.793. The topological polar surface area (TPSA) is 42.7 Å². The Morgan fingerprint density at radius 3 is 3.21 bits per heavy atom. The van der Waals surface area contributed by atoms with Gasteiger partial charge in [0.2, 0.25) is 5.95 Å². The molecule has 0 radical (unpaired) electrons. The van der Waals surface area contributed by atoms with E-state index in [9.17, 15) is 0 Å². The van der Waals surface area contributed by atoms with Crippen molar-refractivity contribution in [3.8, 4) is 0 Å². The van der Waals surface area contributed by atoms with Crippen molar-refractivity contribution in [1.29, 1.82) is 0 Å². The molecule has 0 spiro atoms. The number of rotatable bonds is 4. The maximum absolute atomic E-state index is 4.22. The summed E-state index contributed by atoms with van der Waals surface area (Å²) in [5, 5.41) is 3.27. The fraction of sp³-hybridized carbons (Fsp3) is 0.333. The molecule has 2 rings (SSSR count). The largest absolute Gasteiger partial charge is 0.351 e. The number of nitrogens with zero attached hydrogens (tertiary/aromatic N) is 3. The van der Waals surface area contributed by atoms with Gasteiger partial charge in [0.15, 0.2) is 0 Å². The molecule has 0 unspecified atom stereocenters. The monoisotopic (exact) mass is 208 g/mol. The lowest BCUT2D eigenvalue weighted by atomic mass is 10.5. The van der Waals surface area contributed by atoms with Crippen molar-refractivity contribution < 1.29 is 0 Å². The molecular formula is C9H12N4S. The van der Waals surface area contributed by atoms with Gasteiger partial charge in [-0.15, -0.1) is 11.3 Å². The van der Waals surface area contributed by atoms with Crippen molar-refractivity contribution in [3.05, 3.63) is 29.0 Å². The average Bonchev–Trinajstić information content (AvgIpc) is 2.85. The van der Waals surface area contributed by atoms with Crippen molar-refractivity contribution >= 4 is 17.3 Å². The summed E-state index contributed by atoms with van der Waals surface area (Å²) in [7, 11) is 0. The number of nitrogens with one attached hydrogen (secondary N) is 1. The lowest BCUT2D eigenvalue weighted by molar-refractivity contribution is 0.764. The summed E-state index contributed by atoms with van der Waals surface area (Å²) in [4.78, 5) is 9.46. The molecular weight excluding hydrogens is 196 g/mol. The van der Waals surface area contributed by atoms with Crippen LogP contribution in [0.15, 0.2) is 24.1 Å². The highest BCUT2D eigenvalue weighted by Crippen LogP contribution is 2.09. The smallest absolute Gasteiger partial charge is 0.203 e. The number of thiazole rings is 1. The zero-order valence-corrected chi connectivity index (χ0v) is 8.79. The molecule has 2 heterocycles. The van der Waals surface area contributed by atoms with Gasteiger partial charge in [0.05, 0.1) is 12.1 Å². The van der Waals surface area contributed by atoms with Gasteiger partial charge in [-0.3, -0.25) is 4.98 Å². The van der Waals surface area contributed by atoms with Gasteiger partial charge >= 0.3 is 0 Å². The number of aromatic nitrogens is 3. The predicted octanol–water partition coefficient (Wildman–Crippen LogP) is 1.97. The third-order valence-electron chi connectivity index (χ3n) is 1.96. The molecule has 0 aliphatic heterocycles. The molecule has 0 amide bonds. The van der Waals surface area contributed by atoms with Crippen LogP contribution >= 0.6 is 11.3 Å². The summed E-state index contributed by atoms with van der Waals surface area (Å²) in [6, 6.07) is 0. The molecule has 0 aromatic carbocycles. The van der Waals surface area contributed by atoms with Gasteiger partial charge in [-0.25, -0.2) is 4.98 Å². The highest BCUT2D eigenvalue weighted by atomic mass is 32.1. The summed E-state index contributed by atoms with van der Waals surface area (Å²) in [6.07, 6.45) is 5.64. The van der Waals surface area contributed by atoms with Crippen molar-refractivity contribution in [2.75, 3.05) is 5.32 Å². The molecule has 0 atom stereocenters. The van der Waals surface area contributed by atoms with E-state index in [2.05, 4.69) is 26.8 Å². The van der Waals surface area contributed by atoms with Crippen LogP contribution in [0.25, 0.3) is 0 Å². The van der Waals surface area contributed by atoms with E-state index in [4.69, 9.17) is 0 Å². The molecule has 14 heavy (non-hydrogen) atoms. The van der Waals surface area contributed by atoms with Crippen molar-refractivity contribution in [1.82, 2.24) is 14.5 Å². The van der Waals surface area contributed by atoms with Crippen molar-refractivity contribution in [3.63, 3.8) is 0 Å². The maximum Gasteiger partial charge on any atom is 0.203 e. The Balaban J connectivity index is 1.98. The summed E-state index contributed by atoms with van der Waals surface area (Å²) >= 11 is 1.65. The highest BCUT2D eigenvalue weighted by molar-refractivity contribution is 7.09. The minimum absolute atomic E-state index is 0.793. The van der Waals surface area contributed by atoms with E-state index in [-0.39, 0.29) is 0 Å². The third kappa shape index (κ3) is 1.93. The van der Waals surface area contributed by atoms with Crippen LogP contribution in [0.2, 0.25) is 0 Å². The van der Waals surface area contributed by atoms with Crippen LogP contribution in [0.1, 0.15) is 11.8 Å². The molecule has 0 fully saturated rings. The summed E-state index contributed by atoms with van der Waals surface area (Å²) in [5.41, 5.74) is 1.84. The Morgan fingerprint density at radius 1 is 1.57 bits per heavy atom. The molecule has 0 saturated carbocycles. The zero-order valence-electron chi connectivity index (χ0n) is 7.97. The second-order valence-electron chi connectivity index (χ2n) is 2.86. The van der Waals surface area contributed by atoms with Gasteiger partial charge in [-0.2, -0.15) is 0 Å². The first-order chi connectivity index (χ1) is 6.90. The van der Waals surface area contributed by atoms with Crippen LogP contribution in [0.3, 0.4) is 0 Å². The highest BCUT2D eigenvalue weighted by Gasteiger charge is 2.00. The third-order valence-corrected chi connectivity index (χ3v) is 2.74. The van der Waals surface area contributed by atoms with Crippen LogP contribution in [0.5, 0.6) is 0 Å². The van der Waals surface area contributed by atoms with E-state index in [1.54, 1.807) is 17.5 Å². The van der Waals surface area contributed by atoms with E-state index in [1.807, 2.05) is 17.9 Å². The zero-order chi connectivity index (χ0) is 9.80. The van der Waals surface area contributed by atoms with Gasteiger partial charge in [-0.05, 0) is 6.92 Å². The molecule has 0 aliphatic rings. The first-order valence-electron chi connectivity index (χ1n) is 4.52. The van der Waals surface area contributed by atoms with E-state index < -0.39 is 0 Å². The maximum atomic E-state index is 4.22. The second-order valence-corrected chi connectivity index (χ2v) is 3.83. The lowest BCUT2D eigenvalue weighted by Crippen LogP contribution is -2.05. The Morgan fingerprint density at radius 2 is 2.50 bits per heavy atom. The first kappa shape index (κ1) is 9.21. The van der Waals surface area contributed by atoms with Crippen LogP contribution in [0, 0.1) is 0 Å². The number of anilines is 1. The van der Waals surface area contributed by atoms with E-state index >= 15 is 0 Å². The molecule has 2 aromatic rings. The van der Waals surface area contributed by atoms with E-state index in [0.717, 1.165) is 19.0 Å². The Hall–Kier alpha value is -1.36. The molecule has 1 N–H and O–H groups in total. The Labute approximate surface area is 86.6 Å². The van der Waals surface area contributed by atoms with Gasteiger partial charge in [0.1, 0.15) is 0 Å². The lowest BCUT2D eigenvalue weighted by Gasteiger charge is -2.05. The number of hydrogen-bond donors (Lipinski definition) is 1. The second kappa shape index (κ2) is 4.23. The van der Waals surface area contributed by atoms with E-state index in [1.165, 1.54) is 4.88 Å². The molecule has 2 aromatic heterocycles. The Bertz CT molecular complexity index is 379. The van der Waals surface area contributed by atoms with Crippen LogP contribution in [-0.4, -0.2) is 14.5 Å². The fourth-order valence-corrected chi connectivity index (χ4v) is 1.76. The number of imidazole rings is 1. The van der Waals surface area contributed by atoms with E-state index in [0.29, 0.717) is 0 Å². The molecule has 0 saturated heterocycles. The van der Waals surface area contributed by atoms with Crippen molar-refractivity contribution in [2.45, 2.75) is 20.0 Å². The SMILES string of the molecule is CCn1ccnc1NCc1cncs1. The molecule has 74 valence electrons. The van der Waals surface area contributed by atoms with Crippen LogP contribution in [0.4, 0.5) is 5.95 Å². The first-order valence-corrected chi connectivity index (χ1v) is 5.40. The van der Waals surface area contributed by atoms with Gasteiger partial charge in [-0.1, -0.05) is 0 Å². The quantitative estimate of drug-likeness (QED) is 0.835. The standard InChI is InChI=1S/C9H12N4S/c1-2-13-4-3-11-9(13)12-6-8-5-10-7-14-8/h3-5,7H,2,6H2,1H3,(H,11,12). The predicted molar refractivity (Wildman–Crippen MR) is 57.3 cm³/mol. The van der Waals surface area contributed by atoms with Gasteiger partial charge < -0.3 is 9.88 Å². The number of hydrogen-bond acceptors (Lipinski definition) is 4. The molecule has 5 heteroatoms. The normalized spacial score (nSPS) is 10.4. The summed E-state index contributed by atoms with van der Waals surface area (Å²) < 4.78 is 2.07. The summed E-state index contributed by atoms with van der Waals surface area (Å²) in [5.74, 6) is 0.918. The Kier molecular flexibility index (Phi) is 2.78. The van der Waals surface area contributed by atoms with Crippen LogP contribution < -0.4 is 5.32 Å². The average molecular weight is 208 g/mol. The molecule has 4 nitrogen and oxygen atoms in total. The molecule has 0 aliphatic carbocycles. The van der Waals surface area contributed by atoms with Gasteiger partial charge in [0, 0.05) is 30.0 Å². The molecule has 0 bridgehead atoms. The van der Waals surface area contributed by atoms with Gasteiger partial charge in [0.25, 0.3) is 0 Å². The van der Waals surface area contributed by atoms with Crippen LogP contribution in [-0.2, 0) is 13.1 Å². The minimum Gasteiger partial charge on any atom is -0.351 e. The number of aryl methyl sites for hydroxylation is 1.